The number of fused-ring (bicyclic) bond motifs is 1. The Balaban J connectivity index is 1.40. The average molecular weight is 439 g/mol. The van der Waals surface area contributed by atoms with Crippen LogP contribution in [-0.2, 0) is 5.75 Å². The maximum absolute atomic E-state index is 12.7. The molecule has 0 spiro atoms. The first kappa shape index (κ1) is 20.8. The van der Waals surface area contributed by atoms with Crippen LogP contribution in [-0.4, -0.2) is 30.2 Å². The molecule has 31 heavy (non-hydrogen) atoms. The number of hydrazine groups is 1. The third kappa shape index (κ3) is 4.66. The van der Waals surface area contributed by atoms with Crippen LogP contribution in [0.25, 0.3) is 0 Å². The molecule has 0 bridgehead atoms. The molecule has 0 unspecified atom stereocenters. The summed E-state index contributed by atoms with van der Waals surface area (Å²) < 4.78 is 16.1. The Morgan fingerprint density at radius 3 is 2.52 bits per heavy atom. The number of nitrogens with one attached hydrogen (secondary N) is 2. The largest absolute Gasteiger partial charge is 0.486 e. The number of rotatable bonds is 5. The molecule has 1 aromatic heterocycles. The minimum absolute atomic E-state index is 0.352. The van der Waals surface area contributed by atoms with Crippen LogP contribution in [0.2, 0.25) is 0 Å². The lowest BCUT2D eigenvalue weighted by molar-refractivity contribution is 0.0844. The Bertz CT molecular complexity index is 1110. The van der Waals surface area contributed by atoms with Gasteiger partial charge in [0.05, 0.1) is 11.3 Å². The van der Waals surface area contributed by atoms with Gasteiger partial charge in [-0.3, -0.25) is 20.4 Å². The van der Waals surface area contributed by atoms with E-state index in [4.69, 9.17) is 14.0 Å². The zero-order valence-corrected chi connectivity index (χ0v) is 17.9. The van der Waals surface area contributed by atoms with Crippen LogP contribution in [0.3, 0.4) is 0 Å². The van der Waals surface area contributed by atoms with Crippen molar-refractivity contribution < 1.29 is 23.6 Å². The van der Waals surface area contributed by atoms with Gasteiger partial charge in [-0.25, -0.2) is 0 Å². The van der Waals surface area contributed by atoms with Gasteiger partial charge in [0.25, 0.3) is 11.8 Å². The molecule has 1 aliphatic rings. The van der Waals surface area contributed by atoms with E-state index < -0.39 is 11.8 Å². The molecule has 4 rings (SSSR count). The van der Waals surface area contributed by atoms with E-state index in [0.29, 0.717) is 41.6 Å². The number of thioether (sulfide) groups is 1. The van der Waals surface area contributed by atoms with Crippen molar-refractivity contribution in [1.82, 2.24) is 16.0 Å². The lowest BCUT2D eigenvalue weighted by atomic mass is 10.2. The van der Waals surface area contributed by atoms with E-state index in [0.717, 1.165) is 21.9 Å². The molecule has 0 aliphatic carbocycles. The maximum atomic E-state index is 12.7. The number of hydrogen-bond donors (Lipinski definition) is 2. The quantitative estimate of drug-likeness (QED) is 0.464. The van der Waals surface area contributed by atoms with Crippen molar-refractivity contribution in [3.8, 4) is 11.5 Å². The number of nitrogens with zero attached hydrogens (tertiary/aromatic N) is 1. The van der Waals surface area contributed by atoms with Gasteiger partial charge in [-0.2, -0.15) is 0 Å². The van der Waals surface area contributed by atoms with Crippen molar-refractivity contribution in [2.75, 3.05) is 13.2 Å². The number of ether oxygens (including phenoxy) is 2. The zero-order chi connectivity index (χ0) is 21.8. The molecule has 9 heteroatoms. The van der Waals surface area contributed by atoms with Crippen LogP contribution in [0.4, 0.5) is 0 Å². The van der Waals surface area contributed by atoms with Gasteiger partial charge in [-0.1, -0.05) is 17.3 Å². The van der Waals surface area contributed by atoms with Crippen molar-refractivity contribution in [1.29, 1.82) is 0 Å². The molecule has 1 aliphatic heterocycles. The fourth-order valence-electron chi connectivity index (χ4n) is 3.08. The van der Waals surface area contributed by atoms with Gasteiger partial charge in [-0.15, -0.1) is 11.8 Å². The summed E-state index contributed by atoms with van der Waals surface area (Å²) in [6, 6.07) is 12.1. The predicted molar refractivity (Wildman–Crippen MR) is 114 cm³/mol. The molecule has 0 saturated heterocycles. The molecular formula is C22H21N3O5S. The van der Waals surface area contributed by atoms with Crippen LogP contribution in [0.15, 0.2) is 51.9 Å². The van der Waals surface area contributed by atoms with Crippen LogP contribution in [0.5, 0.6) is 11.5 Å². The third-order valence-corrected chi connectivity index (χ3v) is 5.88. The molecule has 2 heterocycles. The highest BCUT2D eigenvalue weighted by Crippen LogP contribution is 2.31. The molecule has 2 aromatic carbocycles. The van der Waals surface area contributed by atoms with Crippen molar-refractivity contribution >= 4 is 23.6 Å². The monoisotopic (exact) mass is 439 g/mol. The summed E-state index contributed by atoms with van der Waals surface area (Å²) in [7, 11) is 0. The normalized spacial score (nSPS) is 12.3. The summed E-state index contributed by atoms with van der Waals surface area (Å²) in [5, 5.41) is 3.96. The number of benzene rings is 2. The van der Waals surface area contributed by atoms with E-state index >= 15 is 0 Å². The minimum atomic E-state index is -0.453. The Hall–Kier alpha value is -3.46. The summed E-state index contributed by atoms with van der Waals surface area (Å²) in [4.78, 5) is 26.0. The van der Waals surface area contributed by atoms with Crippen LogP contribution >= 0.6 is 11.8 Å². The highest BCUT2D eigenvalue weighted by Gasteiger charge is 2.17. The third-order valence-electron chi connectivity index (χ3n) is 4.78. The summed E-state index contributed by atoms with van der Waals surface area (Å²) in [6.07, 6.45) is 0. The molecule has 2 amide bonds. The Kier molecular flexibility index (Phi) is 6.13. The fourth-order valence-corrected chi connectivity index (χ4v) is 4.28. The van der Waals surface area contributed by atoms with E-state index in [1.165, 1.54) is 11.8 Å². The van der Waals surface area contributed by atoms with E-state index in [9.17, 15) is 9.59 Å². The first-order valence-electron chi connectivity index (χ1n) is 9.67. The number of aromatic nitrogens is 1. The Morgan fingerprint density at radius 1 is 1.00 bits per heavy atom. The fraction of sp³-hybridized carbons (Fsp3) is 0.227. The topological polar surface area (TPSA) is 103 Å². The van der Waals surface area contributed by atoms with E-state index in [1.807, 2.05) is 26.0 Å². The average Bonchev–Trinajstić information content (AvgIpc) is 3.12. The molecule has 0 atom stereocenters. The van der Waals surface area contributed by atoms with Gasteiger partial charge in [0.1, 0.15) is 19.0 Å². The molecule has 3 aromatic rings. The van der Waals surface area contributed by atoms with Crippen LogP contribution in [0.1, 0.15) is 37.7 Å². The van der Waals surface area contributed by atoms with Crippen molar-refractivity contribution in [2.45, 2.75) is 24.5 Å². The molecule has 0 radical (unpaired) electrons. The van der Waals surface area contributed by atoms with Crippen molar-refractivity contribution in [3.05, 3.63) is 70.6 Å². The smallest absolute Gasteiger partial charge is 0.270 e. The Labute approximate surface area is 183 Å². The van der Waals surface area contributed by atoms with Gasteiger partial charge in [0, 0.05) is 21.8 Å². The summed E-state index contributed by atoms with van der Waals surface area (Å²) in [5.74, 6) is 1.62. The second-order valence-electron chi connectivity index (χ2n) is 6.85. The van der Waals surface area contributed by atoms with Gasteiger partial charge < -0.3 is 14.0 Å². The summed E-state index contributed by atoms with van der Waals surface area (Å²) >= 11 is 1.50. The number of carbonyl (C=O) groups is 2. The number of aryl methyl sites for hydroxylation is 2. The van der Waals surface area contributed by atoms with E-state index in [1.54, 1.807) is 30.3 Å². The zero-order valence-electron chi connectivity index (χ0n) is 17.1. The molecule has 0 saturated carbocycles. The van der Waals surface area contributed by atoms with Crippen LogP contribution < -0.4 is 20.3 Å². The first-order valence-corrected chi connectivity index (χ1v) is 10.7. The van der Waals surface area contributed by atoms with Gasteiger partial charge >= 0.3 is 0 Å². The lowest BCUT2D eigenvalue weighted by Crippen LogP contribution is -2.41. The second-order valence-corrected chi connectivity index (χ2v) is 7.87. The minimum Gasteiger partial charge on any atom is -0.486 e. The summed E-state index contributed by atoms with van der Waals surface area (Å²) in [5.41, 5.74) is 7.58. The standard InChI is InChI=1S/C22H21N3O5S/c1-13-17(14(2)30-25-13)12-31-20-6-4-3-5-16(20)22(27)24-23-21(26)15-7-8-18-19(11-15)29-10-9-28-18/h3-8,11H,9-10,12H2,1-2H3,(H,23,26)(H,24,27). The predicted octanol–water partition coefficient (Wildman–Crippen LogP) is 3.43. The summed E-state index contributed by atoms with van der Waals surface area (Å²) in [6.45, 7) is 4.65. The molecule has 160 valence electrons. The van der Waals surface area contributed by atoms with E-state index in [-0.39, 0.29) is 0 Å². The van der Waals surface area contributed by atoms with E-state index in [2.05, 4.69) is 16.0 Å². The molecule has 8 nitrogen and oxygen atoms in total. The Morgan fingerprint density at radius 2 is 1.74 bits per heavy atom. The highest BCUT2D eigenvalue weighted by molar-refractivity contribution is 7.98. The highest BCUT2D eigenvalue weighted by atomic mass is 32.2. The second kappa shape index (κ2) is 9.13. The SMILES string of the molecule is Cc1noc(C)c1CSc1ccccc1C(=O)NNC(=O)c1ccc2c(c1)OCCO2. The van der Waals surface area contributed by atoms with Gasteiger partial charge in [-0.05, 0) is 44.2 Å². The first-order chi connectivity index (χ1) is 15.0. The van der Waals surface area contributed by atoms with Crippen molar-refractivity contribution in [3.63, 3.8) is 0 Å². The van der Waals surface area contributed by atoms with Gasteiger partial charge in [0.15, 0.2) is 11.5 Å². The maximum Gasteiger partial charge on any atom is 0.270 e. The van der Waals surface area contributed by atoms with Gasteiger partial charge in [0.2, 0.25) is 0 Å². The van der Waals surface area contributed by atoms with Crippen molar-refractivity contribution in [2.24, 2.45) is 0 Å². The molecule has 0 fully saturated rings. The van der Waals surface area contributed by atoms with Crippen LogP contribution in [0, 0.1) is 13.8 Å². The number of carbonyl (C=O) groups excluding carboxylic acids is 2. The number of amides is 2. The molecular weight excluding hydrogens is 418 g/mol. The molecule has 2 N–H and O–H groups in total. The number of hydrogen-bond acceptors (Lipinski definition) is 7. The lowest BCUT2D eigenvalue weighted by Gasteiger charge is -2.18.